The first-order chi connectivity index (χ1) is 15.2. The van der Waals surface area contributed by atoms with Crippen molar-refractivity contribution in [1.29, 1.82) is 0 Å². The van der Waals surface area contributed by atoms with Gasteiger partial charge < -0.3 is 25.5 Å². The number of aromatic hydroxyl groups is 2. The molecule has 1 aromatic carbocycles. The maximum atomic E-state index is 10.3. The van der Waals surface area contributed by atoms with Crippen LogP contribution in [0, 0.1) is 0 Å². The summed E-state index contributed by atoms with van der Waals surface area (Å²) in [6.07, 6.45) is 0.825. The molecular weight excluding hydrogens is 434 g/mol. The number of aliphatic hydroxyl groups is 1. The van der Waals surface area contributed by atoms with Crippen LogP contribution in [0.15, 0.2) is 12.1 Å². The second kappa shape index (κ2) is 9.85. The summed E-state index contributed by atoms with van der Waals surface area (Å²) in [7, 11) is 0. The number of hydrazine groups is 2. The Morgan fingerprint density at radius 1 is 1.09 bits per heavy atom. The van der Waals surface area contributed by atoms with Crippen LogP contribution in [0.4, 0.5) is 23.3 Å². The lowest BCUT2D eigenvalue weighted by Gasteiger charge is -2.27. The van der Waals surface area contributed by atoms with E-state index < -0.39 is 0 Å². The predicted octanol–water partition coefficient (Wildman–Crippen LogP) is 3.18. The molecule has 0 unspecified atom stereocenters. The summed E-state index contributed by atoms with van der Waals surface area (Å²) in [4.78, 5) is 11.2. The van der Waals surface area contributed by atoms with Gasteiger partial charge in [0, 0.05) is 30.7 Å². The molecule has 0 saturated carbocycles. The molecule has 1 aliphatic heterocycles. The lowest BCUT2D eigenvalue weighted by molar-refractivity contribution is 0.288. The standard InChI is InChI=1S/C21H32ClN7O3/c1-6-9-27(11-30)21-24-19(23-10-14-7-8-15(22)18(32)17(14)31)16-20(25-21)29(13(4)5)26-28(16)12(2)3/h7-8,12-13,26,30-32H,6,9-11H2,1-5H3,(H,23,24,25). The van der Waals surface area contributed by atoms with E-state index in [1.54, 1.807) is 11.0 Å². The van der Waals surface area contributed by atoms with E-state index in [1.807, 2.05) is 16.9 Å². The van der Waals surface area contributed by atoms with Crippen LogP contribution >= 0.6 is 11.6 Å². The smallest absolute Gasteiger partial charge is 0.231 e. The minimum absolute atomic E-state index is 0.0809. The molecule has 3 rings (SSSR count). The van der Waals surface area contributed by atoms with E-state index in [-0.39, 0.29) is 41.9 Å². The molecule has 0 spiro atoms. The van der Waals surface area contributed by atoms with Crippen molar-refractivity contribution in [3.8, 4) is 11.5 Å². The van der Waals surface area contributed by atoms with Crippen molar-refractivity contribution in [3.05, 3.63) is 22.7 Å². The SMILES string of the molecule is CCCN(CO)c1nc(NCc2ccc(Cl)c(O)c2O)c2c(n1)N(C(C)C)NN2C(C)C. The molecule has 10 nitrogen and oxygen atoms in total. The third kappa shape index (κ3) is 4.57. The normalized spacial score (nSPS) is 13.3. The van der Waals surface area contributed by atoms with Crippen molar-refractivity contribution in [1.82, 2.24) is 15.5 Å². The second-order valence-electron chi connectivity index (χ2n) is 8.23. The number of hydrogen-bond donors (Lipinski definition) is 5. The van der Waals surface area contributed by atoms with Gasteiger partial charge in [-0.15, -0.1) is 5.53 Å². The zero-order chi connectivity index (χ0) is 23.6. The largest absolute Gasteiger partial charge is 0.504 e. The van der Waals surface area contributed by atoms with Crippen molar-refractivity contribution < 1.29 is 15.3 Å². The first-order valence-electron chi connectivity index (χ1n) is 10.7. The molecule has 0 saturated heterocycles. The molecule has 0 aliphatic carbocycles. The monoisotopic (exact) mass is 465 g/mol. The van der Waals surface area contributed by atoms with Gasteiger partial charge >= 0.3 is 0 Å². The molecule has 0 amide bonds. The highest BCUT2D eigenvalue weighted by Crippen LogP contribution is 2.41. The van der Waals surface area contributed by atoms with Crippen LogP contribution in [-0.2, 0) is 6.54 Å². The zero-order valence-corrected chi connectivity index (χ0v) is 19.8. The average Bonchev–Trinajstić information content (AvgIpc) is 3.15. The van der Waals surface area contributed by atoms with Crippen molar-refractivity contribution >= 4 is 34.9 Å². The van der Waals surface area contributed by atoms with Gasteiger partial charge in [-0.25, -0.2) is 0 Å². The maximum absolute atomic E-state index is 10.3. The van der Waals surface area contributed by atoms with Crippen molar-refractivity contribution in [2.75, 3.05) is 33.5 Å². The minimum atomic E-state index is -0.356. The second-order valence-corrected chi connectivity index (χ2v) is 8.64. The van der Waals surface area contributed by atoms with E-state index in [4.69, 9.17) is 21.6 Å². The van der Waals surface area contributed by atoms with Gasteiger partial charge in [0.2, 0.25) is 5.95 Å². The van der Waals surface area contributed by atoms with E-state index in [9.17, 15) is 15.3 Å². The number of benzene rings is 1. The molecule has 0 bridgehead atoms. The maximum Gasteiger partial charge on any atom is 0.231 e. The highest BCUT2D eigenvalue weighted by Gasteiger charge is 2.35. The Morgan fingerprint density at radius 3 is 2.38 bits per heavy atom. The van der Waals surface area contributed by atoms with E-state index in [2.05, 4.69) is 38.5 Å². The van der Waals surface area contributed by atoms with Gasteiger partial charge in [0.05, 0.1) is 5.02 Å². The topological polar surface area (TPSA) is 120 Å². The number of phenolic OH excluding ortho intramolecular Hbond substituents is 2. The van der Waals surface area contributed by atoms with Gasteiger partial charge in [0.25, 0.3) is 0 Å². The van der Waals surface area contributed by atoms with Gasteiger partial charge in [0.1, 0.15) is 12.4 Å². The van der Waals surface area contributed by atoms with Crippen molar-refractivity contribution in [3.63, 3.8) is 0 Å². The summed E-state index contributed by atoms with van der Waals surface area (Å²) in [5, 5.41) is 37.4. The summed E-state index contributed by atoms with van der Waals surface area (Å²) < 4.78 is 0. The number of halogens is 1. The lowest BCUT2D eigenvalue weighted by atomic mass is 10.2. The first-order valence-corrected chi connectivity index (χ1v) is 11.1. The van der Waals surface area contributed by atoms with Gasteiger partial charge in [0.15, 0.2) is 23.1 Å². The number of aliphatic hydroxyl groups excluding tert-OH is 1. The van der Waals surface area contributed by atoms with Crippen LogP contribution in [0.2, 0.25) is 5.02 Å². The molecule has 5 N–H and O–H groups in total. The van der Waals surface area contributed by atoms with Crippen LogP contribution in [0.3, 0.4) is 0 Å². The highest BCUT2D eigenvalue weighted by molar-refractivity contribution is 6.32. The molecule has 2 aromatic rings. The Kier molecular flexibility index (Phi) is 7.37. The predicted molar refractivity (Wildman–Crippen MR) is 127 cm³/mol. The molecular formula is C21H32ClN7O3. The van der Waals surface area contributed by atoms with E-state index in [0.29, 0.717) is 29.7 Å². The fraction of sp³-hybridized carbons (Fsp3) is 0.524. The molecule has 0 radical (unpaired) electrons. The Hall–Kier alpha value is -2.69. The van der Waals surface area contributed by atoms with E-state index in [1.165, 1.54) is 6.07 Å². The molecule has 1 aromatic heterocycles. The molecule has 2 heterocycles. The number of fused-ring (bicyclic) bond motifs is 1. The summed E-state index contributed by atoms with van der Waals surface area (Å²) in [6.45, 7) is 10.8. The van der Waals surface area contributed by atoms with Crippen LogP contribution in [0.25, 0.3) is 0 Å². The quantitative estimate of drug-likeness (QED) is 0.279. The first kappa shape index (κ1) is 24.0. The minimum Gasteiger partial charge on any atom is -0.504 e. The highest BCUT2D eigenvalue weighted by atomic mass is 35.5. The third-order valence-corrected chi connectivity index (χ3v) is 5.46. The Balaban J connectivity index is 2.07. The third-order valence-electron chi connectivity index (χ3n) is 5.15. The molecule has 176 valence electrons. The summed E-state index contributed by atoms with van der Waals surface area (Å²) in [5.41, 5.74) is 4.61. The molecule has 32 heavy (non-hydrogen) atoms. The fourth-order valence-corrected chi connectivity index (χ4v) is 3.61. The van der Waals surface area contributed by atoms with Crippen LogP contribution in [-0.4, -0.2) is 50.6 Å². The lowest BCUT2D eigenvalue weighted by Crippen LogP contribution is -2.50. The number of rotatable bonds is 9. The van der Waals surface area contributed by atoms with E-state index in [0.717, 1.165) is 12.1 Å². The zero-order valence-electron chi connectivity index (χ0n) is 19.1. The average molecular weight is 466 g/mol. The number of nitrogens with zero attached hydrogens (tertiary/aromatic N) is 5. The van der Waals surface area contributed by atoms with Crippen LogP contribution in [0.1, 0.15) is 46.6 Å². The molecule has 1 aliphatic rings. The van der Waals surface area contributed by atoms with Crippen molar-refractivity contribution in [2.45, 2.75) is 59.7 Å². The van der Waals surface area contributed by atoms with Gasteiger partial charge in [-0.2, -0.15) is 9.97 Å². The Labute approximate surface area is 193 Å². The summed E-state index contributed by atoms with van der Waals surface area (Å²) >= 11 is 5.88. The van der Waals surface area contributed by atoms with E-state index >= 15 is 0 Å². The number of anilines is 4. The molecule has 11 heteroatoms. The van der Waals surface area contributed by atoms with Crippen molar-refractivity contribution in [2.24, 2.45) is 0 Å². The summed E-state index contributed by atoms with van der Waals surface area (Å²) in [6, 6.07) is 3.38. The molecule has 0 atom stereocenters. The Bertz CT molecular complexity index is 957. The number of hydrogen-bond acceptors (Lipinski definition) is 10. The van der Waals surface area contributed by atoms with Crippen LogP contribution in [0.5, 0.6) is 11.5 Å². The van der Waals surface area contributed by atoms with Gasteiger partial charge in [-0.1, -0.05) is 24.6 Å². The summed E-state index contributed by atoms with van der Waals surface area (Å²) in [5.74, 6) is 1.00. The Morgan fingerprint density at radius 2 is 1.78 bits per heavy atom. The van der Waals surface area contributed by atoms with Crippen LogP contribution < -0.4 is 25.8 Å². The number of aromatic nitrogens is 2. The number of nitrogens with one attached hydrogen (secondary N) is 2. The van der Waals surface area contributed by atoms with Gasteiger partial charge in [-0.05, 0) is 40.2 Å². The molecule has 0 fully saturated rings. The number of phenols is 2. The van der Waals surface area contributed by atoms with Gasteiger partial charge in [-0.3, -0.25) is 10.0 Å². The fourth-order valence-electron chi connectivity index (χ4n) is 3.46.